The van der Waals surface area contributed by atoms with Crippen molar-refractivity contribution in [3.63, 3.8) is 0 Å². The van der Waals surface area contributed by atoms with Crippen molar-refractivity contribution < 1.29 is 9.53 Å². The molecule has 4 nitrogen and oxygen atoms in total. The molecule has 0 N–H and O–H groups in total. The van der Waals surface area contributed by atoms with Crippen LogP contribution in [-0.2, 0) is 11.2 Å². The minimum absolute atomic E-state index is 0.184. The molecule has 0 saturated carbocycles. The number of amides is 1. The van der Waals surface area contributed by atoms with Gasteiger partial charge in [0.15, 0.2) is 0 Å². The topological polar surface area (TPSA) is 32.8 Å². The lowest BCUT2D eigenvalue weighted by atomic mass is 10.1. The van der Waals surface area contributed by atoms with Gasteiger partial charge < -0.3 is 9.64 Å². The second-order valence-electron chi connectivity index (χ2n) is 7.20. The molecule has 0 radical (unpaired) electrons. The van der Waals surface area contributed by atoms with E-state index in [9.17, 15) is 4.79 Å². The van der Waals surface area contributed by atoms with Crippen molar-refractivity contribution in [2.24, 2.45) is 0 Å². The minimum Gasteiger partial charge on any atom is -0.444 e. The molecule has 0 aliphatic carbocycles. The first-order valence-electron chi connectivity index (χ1n) is 8.21. The van der Waals surface area contributed by atoms with Crippen molar-refractivity contribution in [3.05, 3.63) is 34.3 Å². The van der Waals surface area contributed by atoms with Gasteiger partial charge in [-0.2, -0.15) is 0 Å². The zero-order valence-corrected chi connectivity index (χ0v) is 16.1. The number of nitrogens with zero attached hydrogens (tertiary/aromatic N) is 2. The van der Waals surface area contributed by atoms with Crippen LogP contribution in [0.1, 0.15) is 33.3 Å². The van der Waals surface area contributed by atoms with Crippen LogP contribution >= 0.6 is 15.9 Å². The van der Waals surface area contributed by atoms with E-state index in [1.165, 1.54) is 5.56 Å². The Morgan fingerprint density at radius 2 is 1.91 bits per heavy atom. The Kier molecular flexibility index (Phi) is 6.09. The summed E-state index contributed by atoms with van der Waals surface area (Å²) in [4.78, 5) is 16.5. The normalized spacial score (nSPS) is 19.7. The number of rotatable bonds is 3. The van der Waals surface area contributed by atoms with E-state index in [2.05, 4.69) is 52.0 Å². The number of hydrogen-bond donors (Lipinski definition) is 0. The summed E-state index contributed by atoms with van der Waals surface area (Å²) in [7, 11) is 0. The van der Waals surface area contributed by atoms with Crippen molar-refractivity contribution in [2.45, 2.75) is 45.8 Å². The van der Waals surface area contributed by atoms with Crippen LogP contribution < -0.4 is 0 Å². The van der Waals surface area contributed by atoms with Crippen molar-refractivity contribution >= 4 is 22.0 Å². The first-order chi connectivity index (χ1) is 10.7. The third-order valence-electron chi connectivity index (χ3n) is 3.97. The van der Waals surface area contributed by atoms with E-state index >= 15 is 0 Å². The number of carbonyl (C=O) groups excluding carboxylic acids is 1. The van der Waals surface area contributed by atoms with Gasteiger partial charge in [0.25, 0.3) is 0 Å². The second-order valence-corrected chi connectivity index (χ2v) is 8.12. The molecule has 1 atom stereocenters. The number of carbonyl (C=O) groups is 1. The summed E-state index contributed by atoms with van der Waals surface area (Å²) in [6.45, 7) is 11.4. The number of halogens is 1. The summed E-state index contributed by atoms with van der Waals surface area (Å²) < 4.78 is 6.60. The Bertz CT molecular complexity index is 525. The Morgan fingerprint density at radius 3 is 2.48 bits per heavy atom. The van der Waals surface area contributed by atoms with Gasteiger partial charge in [-0.25, -0.2) is 4.79 Å². The number of piperazine rings is 1. The standard InChI is InChI=1S/C18H27BrN2O2/c1-14-13-20(10-9-15-5-7-16(19)8-6-15)11-12-21(14)17(22)23-18(2,3)4/h5-8,14H,9-13H2,1-4H3. The number of hydrogen-bond acceptors (Lipinski definition) is 3. The van der Waals surface area contributed by atoms with Gasteiger partial charge in [0, 0.05) is 36.7 Å². The van der Waals surface area contributed by atoms with Gasteiger partial charge in [-0.3, -0.25) is 4.90 Å². The lowest BCUT2D eigenvalue weighted by Gasteiger charge is -2.40. The highest BCUT2D eigenvalue weighted by molar-refractivity contribution is 9.10. The molecular weight excluding hydrogens is 356 g/mol. The first-order valence-corrected chi connectivity index (χ1v) is 9.00. The summed E-state index contributed by atoms with van der Waals surface area (Å²) in [5.74, 6) is 0. The van der Waals surface area contributed by atoms with Gasteiger partial charge in [-0.15, -0.1) is 0 Å². The lowest BCUT2D eigenvalue weighted by Crippen LogP contribution is -2.55. The molecule has 1 aliphatic heterocycles. The average molecular weight is 383 g/mol. The molecule has 1 aliphatic rings. The summed E-state index contributed by atoms with van der Waals surface area (Å²) in [6.07, 6.45) is 0.837. The highest BCUT2D eigenvalue weighted by Gasteiger charge is 2.30. The minimum atomic E-state index is -0.435. The molecule has 1 aromatic rings. The van der Waals surface area contributed by atoms with Crippen LogP contribution in [0.3, 0.4) is 0 Å². The van der Waals surface area contributed by atoms with Gasteiger partial charge in [-0.1, -0.05) is 28.1 Å². The third kappa shape index (κ3) is 5.81. The van der Waals surface area contributed by atoms with Crippen LogP contribution in [-0.4, -0.2) is 53.7 Å². The van der Waals surface area contributed by atoms with E-state index in [1.54, 1.807) is 0 Å². The maximum atomic E-state index is 12.2. The molecule has 128 valence electrons. The Labute approximate surface area is 147 Å². The van der Waals surface area contributed by atoms with Gasteiger partial charge in [0.05, 0.1) is 0 Å². The molecular formula is C18H27BrN2O2. The number of ether oxygens (including phenoxy) is 1. The number of benzene rings is 1. The van der Waals surface area contributed by atoms with E-state index < -0.39 is 5.60 Å². The maximum absolute atomic E-state index is 12.2. The Morgan fingerprint density at radius 1 is 1.26 bits per heavy atom. The molecule has 1 aromatic carbocycles. The average Bonchev–Trinajstić information content (AvgIpc) is 2.45. The fraction of sp³-hybridized carbons (Fsp3) is 0.611. The zero-order valence-electron chi connectivity index (χ0n) is 14.5. The van der Waals surface area contributed by atoms with Crippen LogP contribution in [0.5, 0.6) is 0 Å². The fourth-order valence-corrected chi connectivity index (χ4v) is 3.03. The largest absolute Gasteiger partial charge is 0.444 e. The Hall–Kier alpha value is -1.07. The molecule has 1 fully saturated rings. The smallest absolute Gasteiger partial charge is 0.410 e. The highest BCUT2D eigenvalue weighted by atomic mass is 79.9. The van der Waals surface area contributed by atoms with E-state index in [1.807, 2.05) is 25.7 Å². The fourth-order valence-electron chi connectivity index (χ4n) is 2.77. The molecule has 1 unspecified atom stereocenters. The molecule has 5 heteroatoms. The summed E-state index contributed by atoms with van der Waals surface area (Å²) in [6, 6.07) is 8.66. The van der Waals surface area contributed by atoms with Crippen LogP contribution in [0.2, 0.25) is 0 Å². The molecule has 0 aromatic heterocycles. The zero-order chi connectivity index (χ0) is 17.0. The lowest BCUT2D eigenvalue weighted by molar-refractivity contribution is 0.00163. The predicted octanol–water partition coefficient (Wildman–Crippen LogP) is 3.93. The third-order valence-corrected chi connectivity index (χ3v) is 4.50. The van der Waals surface area contributed by atoms with E-state index in [0.29, 0.717) is 0 Å². The Balaban J connectivity index is 1.81. The van der Waals surface area contributed by atoms with Gasteiger partial charge in [0.1, 0.15) is 5.60 Å². The first kappa shape index (κ1) is 18.3. The van der Waals surface area contributed by atoms with Crippen LogP contribution in [0.4, 0.5) is 4.79 Å². The van der Waals surface area contributed by atoms with E-state index in [4.69, 9.17) is 4.74 Å². The summed E-state index contributed by atoms with van der Waals surface area (Å²) in [5, 5.41) is 0. The molecule has 1 saturated heterocycles. The van der Waals surface area contributed by atoms with Crippen molar-refractivity contribution in [1.82, 2.24) is 9.80 Å². The maximum Gasteiger partial charge on any atom is 0.410 e. The molecule has 1 amide bonds. The van der Waals surface area contributed by atoms with Gasteiger partial charge in [-0.05, 0) is 51.8 Å². The molecule has 2 rings (SSSR count). The van der Waals surface area contributed by atoms with Crippen molar-refractivity contribution in [3.8, 4) is 0 Å². The quantitative estimate of drug-likeness (QED) is 0.793. The van der Waals surface area contributed by atoms with Gasteiger partial charge >= 0.3 is 6.09 Å². The van der Waals surface area contributed by atoms with Crippen LogP contribution in [0.25, 0.3) is 0 Å². The van der Waals surface area contributed by atoms with Crippen LogP contribution in [0, 0.1) is 0 Å². The molecule has 23 heavy (non-hydrogen) atoms. The van der Waals surface area contributed by atoms with Crippen molar-refractivity contribution in [1.29, 1.82) is 0 Å². The predicted molar refractivity (Wildman–Crippen MR) is 96.7 cm³/mol. The van der Waals surface area contributed by atoms with Crippen LogP contribution in [0.15, 0.2) is 28.7 Å². The van der Waals surface area contributed by atoms with Gasteiger partial charge in [0.2, 0.25) is 0 Å². The highest BCUT2D eigenvalue weighted by Crippen LogP contribution is 2.16. The molecule has 0 spiro atoms. The summed E-state index contributed by atoms with van der Waals surface area (Å²) >= 11 is 3.46. The van der Waals surface area contributed by atoms with Crippen molar-refractivity contribution in [2.75, 3.05) is 26.2 Å². The molecule has 1 heterocycles. The van der Waals surface area contributed by atoms with E-state index in [0.717, 1.165) is 37.1 Å². The van der Waals surface area contributed by atoms with E-state index in [-0.39, 0.29) is 12.1 Å². The summed E-state index contributed by atoms with van der Waals surface area (Å²) in [5.41, 5.74) is 0.908. The monoisotopic (exact) mass is 382 g/mol. The second kappa shape index (κ2) is 7.67. The SMILES string of the molecule is CC1CN(CCc2ccc(Br)cc2)CCN1C(=O)OC(C)(C)C. The molecule has 0 bridgehead atoms.